The summed E-state index contributed by atoms with van der Waals surface area (Å²) >= 11 is 0. The van der Waals surface area contributed by atoms with Gasteiger partial charge in [-0.05, 0) is 72.8 Å². The number of anilines is 2. The molecule has 6 nitrogen and oxygen atoms in total. The molecule has 0 aliphatic rings. The first kappa shape index (κ1) is 27.0. The lowest BCUT2D eigenvalue weighted by molar-refractivity contribution is 0.469. The maximum atomic E-state index is 8.20. The first-order chi connectivity index (χ1) is 18.6. The van der Waals surface area contributed by atoms with E-state index in [1.54, 1.807) is 0 Å². The van der Waals surface area contributed by atoms with Gasteiger partial charge in [-0.3, -0.25) is 10.8 Å². The molecule has 5 aromatic carbocycles. The maximum absolute atomic E-state index is 8.20. The average Bonchev–Trinajstić information content (AvgIpc) is 2.97. The van der Waals surface area contributed by atoms with Gasteiger partial charge in [-0.25, -0.2) is 0 Å². The number of nitrogens with one attached hydrogen (secondary N) is 4. The van der Waals surface area contributed by atoms with Crippen LogP contribution in [-0.4, -0.2) is 11.7 Å². The van der Waals surface area contributed by atoms with Crippen LogP contribution < -0.4 is 20.1 Å². The van der Waals surface area contributed by atoms with Crippen molar-refractivity contribution >= 4 is 35.5 Å². The van der Waals surface area contributed by atoms with Gasteiger partial charge in [-0.2, -0.15) is 0 Å². The maximum Gasteiger partial charge on any atom is 0.129 e. The van der Waals surface area contributed by atoms with Crippen LogP contribution in [0.25, 0.3) is 0 Å². The molecular formula is C32H27ClN4O2. The van der Waals surface area contributed by atoms with E-state index in [4.69, 9.17) is 20.3 Å². The molecular weight excluding hydrogens is 508 g/mol. The predicted octanol–water partition coefficient (Wildman–Crippen LogP) is 8.57. The Kier molecular flexibility index (Phi) is 8.95. The summed E-state index contributed by atoms with van der Waals surface area (Å²) in [5.41, 5.74) is 3.28. The Morgan fingerprint density at radius 2 is 0.692 bits per heavy atom. The van der Waals surface area contributed by atoms with E-state index in [2.05, 4.69) is 10.6 Å². The van der Waals surface area contributed by atoms with Crippen molar-refractivity contribution in [2.75, 3.05) is 10.6 Å². The van der Waals surface area contributed by atoms with Gasteiger partial charge in [0.15, 0.2) is 0 Å². The predicted molar refractivity (Wildman–Crippen MR) is 161 cm³/mol. The van der Waals surface area contributed by atoms with Crippen molar-refractivity contribution in [1.29, 1.82) is 10.8 Å². The monoisotopic (exact) mass is 534 g/mol. The number of amidine groups is 2. The summed E-state index contributed by atoms with van der Waals surface area (Å²) in [6.45, 7) is 0. The third kappa shape index (κ3) is 7.47. The fourth-order valence-electron chi connectivity index (χ4n) is 3.70. The molecule has 0 unspecified atom stereocenters. The first-order valence-corrected chi connectivity index (χ1v) is 12.1. The Hall–Kier alpha value is -5.07. The number of hydrogen-bond donors (Lipinski definition) is 4. The van der Waals surface area contributed by atoms with Crippen LogP contribution in [0.2, 0.25) is 0 Å². The highest BCUT2D eigenvalue weighted by atomic mass is 35.5. The first-order valence-electron chi connectivity index (χ1n) is 12.1. The highest BCUT2D eigenvalue weighted by Crippen LogP contribution is 2.28. The Morgan fingerprint density at radius 1 is 0.410 bits per heavy atom. The molecule has 0 spiro atoms. The molecule has 0 amide bonds. The normalized spacial score (nSPS) is 10.1. The molecule has 0 aliphatic carbocycles. The van der Waals surface area contributed by atoms with Crippen LogP contribution in [-0.2, 0) is 0 Å². The standard InChI is InChI=1S/C32H26N4O2.ClH/c33-31(23-7-3-1-4-8-23)35-25-11-15-27(16-12-25)37-29-19-21-30(22-20-29)38-28-17-13-26(14-18-28)36-32(34)24-9-5-2-6-10-24;/h1-22H,(H2,33,35)(H2,34,36);1H. The summed E-state index contributed by atoms with van der Waals surface area (Å²) in [5.74, 6) is 3.45. The highest BCUT2D eigenvalue weighted by molar-refractivity contribution is 6.06. The van der Waals surface area contributed by atoms with Crippen molar-refractivity contribution in [2.45, 2.75) is 0 Å². The van der Waals surface area contributed by atoms with Crippen molar-refractivity contribution in [3.05, 3.63) is 145 Å². The second-order valence-corrected chi connectivity index (χ2v) is 8.46. The number of rotatable bonds is 8. The zero-order chi connectivity index (χ0) is 26.2. The second kappa shape index (κ2) is 12.9. The largest absolute Gasteiger partial charge is 0.457 e. The Balaban J connectivity index is 0.00000353. The minimum Gasteiger partial charge on any atom is -0.457 e. The van der Waals surface area contributed by atoms with Gasteiger partial charge in [0.2, 0.25) is 0 Å². The molecule has 0 saturated carbocycles. The van der Waals surface area contributed by atoms with E-state index in [1.807, 2.05) is 133 Å². The quantitative estimate of drug-likeness (QED) is 0.118. The van der Waals surface area contributed by atoms with Crippen LogP contribution in [0.1, 0.15) is 11.1 Å². The second-order valence-electron chi connectivity index (χ2n) is 8.46. The molecule has 0 aromatic heterocycles. The molecule has 4 N–H and O–H groups in total. The summed E-state index contributed by atoms with van der Waals surface area (Å²) < 4.78 is 11.9. The van der Waals surface area contributed by atoms with E-state index >= 15 is 0 Å². The molecule has 39 heavy (non-hydrogen) atoms. The van der Waals surface area contributed by atoms with E-state index in [0.29, 0.717) is 34.7 Å². The van der Waals surface area contributed by atoms with E-state index in [1.165, 1.54) is 0 Å². The summed E-state index contributed by atoms with van der Waals surface area (Å²) in [7, 11) is 0. The van der Waals surface area contributed by atoms with Crippen LogP contribution >= 0.6 is 12.4 Å². The highest BCUT2D eigenvalue weighted by Gasteiger charge is 2.05. The average molecular weight is 535 g/mol. The zero-order valence-corrected chi connectivity index (χ0v) is 21.7. The summed E-state index contributed by atoms with van der Waals surface area (Å²) in [6.07, 6.45) is 0. The Morgan fingerprint density at radius 3 is 1.00 bits per heavy atom. The van der Waals surface area contributed by atoms with Crippen LogP contribution in [0.15, 0.2) is 133 Å². The van der Waals surface area contributed by atoms with Gasteiger partial charge in [0.05, 0.1) is 0 Å². The van der Waals surface area contributed by atoms with E-state index in [9.17, 15) is 0 Å². The van der Waals surface area contributed by atoms with Gasteiger partial charge in [-0.1, -0.05) is 60.7 Å². The van der Waals surface area contributed by atoms with E-state index < -0.39 is 0 Å². The van der Waals surface area contributed by atoms with Crippen molar-refractivity contribution < 1.29 is 9.47 Å². The minimum absolute atomic E-state index is 0. The molecule has 194 valence electrons. The molecule has 5 rings (SSSR count). The molecule has 5 aromatic rings. The third-order valence-corrected chi connectivity index (χ3v) is 5.67. The Bertz CT molecular complexity index is 1390. The lowest BCUT2D eigenvalue weighted by Gasteiger charge is -2.11. The van der Waals surface area contributed by atoms with Gasteiger partial charge in [0.25, 0.3) is 0 Å². The fraction of sp³-hybridized carbons (Fsp3) is 0. The number of halogens is 1. The number of ether oxygens (including phenoxy) is 2. The molecule has 0 bridgehead atoms. The van der Waals surface area contributed by atoms with Gasteiger partial charge in [0, 0.05) is 22.5 Å². The van der Waals surface area contributed by atoms with Crippen molar-refractivity contribution in [1.82, 2.24) is 0 Å². The third-order valence-electron chi connectivity index (χ3n) is 5.67. The van der Waals surface area contributed by atoms with E-state index in [0.717, 1.165) is 22.5 Å². The topological polar surface area (TPSA) is 90.2 Å². The van der Waals surface area contributed by atoms with Gasteiger partial charge in [0.1, 0.15) is 34.7 Å². The molecule has 0 heterocycles. The number of benzene rings is 5. The summed E-state index contributed by atoms with van der Waals surface area (Å²) in [6, 6.07) is 41.4. The zero-order valence-electron chi connectivity index (χ0n) is 20.9. The summed E-state index contributed by atoms with van der Waals surface area (Å²) in [5, 5.41) is 22.6. The molecule has 0 radical (unpaired) electrons. The lowest BCUT2D eigenvalue weighted by Crippen LogP contribution is -2.11. The van der Waals surface area contributed by atoms with Crippen molar-refractivity contribution in [3.8, 4) is 23.0 Å². The van der Waals surface area contributed by atoms with E-state index in [-0.39, 0.29) is 12.4 Å². The molecule has 0 atom stereocenters. The molecule has 0 fully saturated rings. The Labute approximate surface area is 233 Å². The number of hydrogen-bond acceptors (Lipinski definition) is 4. The molecule has 7 heteroatoms. The van der Waals surface area contributed by atoms with Crippen LogP contribution in [0, 0.1) is 10.8 Å². The molecule has 0 aliphatic heterocycles. The minimum atomic E-state index is 0. The van der Waals surface area contributed by atoms with Crippen LogP contribution in [0.4, 0.5) is 11.4 Å². The SMILES string of the molecule is Cl.N=C(Nc1ccc(Oc2ccc(Oc3ccc(NC(=N)c4ccccc4)cc3)cc2)cc1)c1ccccc1. The van der Waals surface area contributed by atoms with Gasteiger partial charge < -0.3 is 20.1 Å². The summed E-state index contributed by atoms with van der Waals surface area (Å²) in [4.78, 5) is 0. The molecule has 0 saturated heterocycles. The van der Waals surface area contributed by atoms with Crippen LogP contribution in [0.5, 0.6) is 23.0 Å². The van der Waals surface area contributed by atoms with Crippen LogP contribution in [0.3, 0.4) is 0 Å². The smallest absolute Gasteiger partial charge is 0.129 e. The van der Waals surface area contributed by atoms with Crippen molar-refractivity contribution in [3.63, 3.8) is 0 Å². The fourth-order valence-corrected chi connectivity index (χ4v) is 3.70. The van der Waals surface area contributed by atoms with Crippen molar-refractivity contribution in [2.24, 2.45) is 0 Å². The lowest BCUT2D eigenvalue weighted by atomic mass is 10.2. The van der Waals surface area contributed by atoms with Gasteiger partial charge >= 0.3 is 0 Å². The van der Waals surface area contributed by atoms with Gasteiger partial charge in [-0.15, -0.1) is 12.4 Å².